The number of nitrogens with two attached hydrogens (primary N) is 1. The summed E-state index contributed by atoms with van der Waals surface area (Å²) in [6.07, 6.45) is 2.52. The maximum atomic E-state index is 6.28. The van der Waals surface area contributed by atoms with Gasteiger partial charge in [0, 0.05) is 31.1 Å². The first kappa shape index (κ1) is 16.7. The van der Waals surface area contributed by atoms with E-state index in [1.165, 1.54) is 17.7 Å². The fourth-order valence-corrected chi connectivity index (χ4v) is 4.28. The molecule has 2 N–H and O–H groups in total. The highest BCUT2D eigenvalue weighted by molar-refractivity contribution is 7.10. The summed E-state index contributed by atoms with van der Waals surface area (Å²) >= 11 is 1.81. The van der Waals surface area contributed by atoms with E-state index in [4.69, 9.17) is 15.5 Å². The predicted molar refractivity (Wildman–Crippen MR) is 95.9 cm³/mol. The van der Waals surface area contributed by atoms with Crippen LogP contribution in [-0.4, -0.2) is 61.7 Å². The number of guanidine groups is 1. The molecule has 23 heavy (non-hydrogen) atoms. The number of piperidine rings is 1. The minimum Gasteiger partial charge on any atom is -0.379 e. The highest BCUT2D eigenvalue weighted by Crippen LogP contribution is 2.26. The van der Waals surface area contributed by atoms with Crippen molar-refractivity contribution in [3.05, 3.63) is 22.4 Å². The van der Waals surface area contributed by atoms with Gasteiger partial charge in [0.1, 0.15) is 0 Å². The summed E-state index contributed by atoms with van der Waals surface area (Å²) in [4.78, 5) is 10.9. The molecule has 128 valence electrons. The van der Waals surface area contributed by atoms with Crippen molar-refractivity contribution in [2.45, 2.75) is 25.8 Å². The number of likely N-dealkylation sites (tertiary alicyclic amines) is 1. The van der Waals surface area contributed by atoms with Gasteiger partial charge in [-0.1, -0.05) is 13.0 Å². The number of morpholine rings is 1. The normalized spacial score (nSPS) is 25.5. The second kappa shape index (κ2) is 8.13. The lowest BCUT2D eigenvalue weighted by Gasteiger charge is -2.34. The van der Waals surface area contributed by atoms with Crippen LogP contribution in [0, 0.1) is 5.92 Å². The highest BCUT2D eigenvalue weighted by atomic mass is 32.1. The van der Waals surface area contributed by atoms with Gasteiger partial charge in [0.05, 0.1) is 25.8 Å². The third-order valence-corrected chi connectivity index (χ3v) is 5.74. The van der Waals surface area contributed by atoms with Gasteiger partial charge in [-0.2, -0.15) is 0 Å². The van der Waals surface area contributed by atoms with Crippen LogP contribution >= 0.6 is 11.3 Å². The molecule has 5 nitrogen and oxygen atoms in total. The van der Waals surface area contributed by atoms with Crippen LogP contribution < -0.4 is 5.73 Å². The standard InChI is InChI=1S/C17H28N4OS/c1-14-4-2-6-21(13-14)17(18)19-12-15(16-5-3-11-23-16)20-7-9-22-10-8-20/h3,5,11,14-15H,2,4,6-10,12-13H2,1H3,(H2,18,19). The van der Waals surface area contributed by atoms with Gasteiger partial charge in [-0.15, -0.1) is 11.3 Å². The van der Waals surface area contributed by atoms with Gasteiger partial charge in [0.15, 0.2) is 5.96 Å². The zero-order chi connectivity index (χ0) is 16.1. The number of aliphatic imine (C=N–C) groups is 1. The van der Waals surface area contributed by atoms with Crippen LogP contribution in [0.1, 0.15) is 30.7 Å². The van der Waals surface area contributed by atoms with Crippen LogP contribution in [0.3, 0.4) is 0 Å². The number of rotatable bonds is 4. The van der Waals surface area contributed by atoms with Crippen molar-refractivity contribution >= 4 is 17.3 Å². The second-order valence-corrected chi connectivity index (χ2v) is 7.55. The minimum absolute atomic E-state index is 0.319. The summed E-state index contributed by atoms with van der Waals surface area (Å²) in [6.45, 7) is 8.67. The van der Waals surface area contributed by atoms with E-state index in [1.807, 2.05) is 0 Å². The van der Waals surface area contributed by atoms with Crippen molar-refractivity contribution in [1.82, 2.24) is 9.80 Å². The zero-order valence-corrected chi connectivity index (χ0v) is 14.8. The molecule has 2 aliphatic rings. The molecule has 0 bridgehead atoms. The Bertz CT molecular complexity index is 499. The topological polar surface area (TPSA) is 54.1 Å². The van der Waals surface area contributed by atoms with E-state index in [1.54, 1.807) is 11.3 Å². The molecule has 0 spiro atoms. The van der Waals surface area contributed by atoms with Gasteiger partial charge in [-0.3, -0.25) is 9.89 Å². The Kier molecular flexibility index (Phi) is 5.91. The van der Waals surface area contributed by atoms with Gasteiger partial charge >= 0.3 is 0 Å². The van der Waals surface area contributed by atoms with E-state index in [0.29, 0.717) is 17.9 Å². The summed E-state index contributed by atoms with van der Waals surface area (Å²) in [5.74, 6) is 1.43. The van der Waals surface area contributed by atoms with Gasteiger partial charge in [-0.05, 0) is 30.2 Å². The Hall–Kier alpha value is -1.11. The molecule has 0 aromatic carbocycles. The average molecular weight is 337 g/mol. The molecule has 1 aromatic rings. The molecule has 2 aliphatic heterocycles. The molecule has 0 radical (unpaired) electrons. The van der Waals surface area contributed by atoms with Crippen molar-refractivity contribution in [1.29, 1.82) is 0 Å². The maximum Gasteiger partial charge on any atom is 0.191 e. The van der Waals surface area contributed by atoms with Gasteiger partial charge in [0.25, 0.3) is 0 Å². The van der Waals surface area contributed by atoms with E-state index in [0.717, 1.165) is 45.9 Å². The van der Waals surface area contributed by atoms with Crippen LogP contribution in [0.4, 0.5) is 0 Å². The Morgan fingerprint density at radius 3 is 2.96 bits per heavy atom. The monoisotopic (exact) mass is 336 g/mol. The van der Waals surface area contributed by atoms with Crippen molar-refractivity contribution in [3.63, 3.8) is 0 Å². The average Bonchev–Trinajstić information content (AvgIpc) is 3.10. The summed E-state index contributed by atoms with van der Waals surface area (Å²) in [5, 5.41) is 2.14. The molecule has 1 aromatic heterocycles. The number of hydrogen-bond acceptors (Lipinski definition) is 4. The van der Waals surface area contributed by atoms with E-state index in [2.05, 4.69) is 34.2 Å². The number of ether oxygens (including phenoxy) is 1. The minimum atomic E-state index is 0.319. The Labute approximate surface area is 143 Å². The smallest absolute Gasteiger partial charge is 0.191 e. The third-order valence-electron chi connectivity index (χ3n) is 4.77. The van der Waals surface area contributed by atoms with Gasteiger partial charge < -0.3 is 15.4 Å². The van der Waals surface area contributed by atoms with Crippen LogP contribution in [0.5, 0.6) is 0 Å². The van der Waals surface area contributed by atoms with Crippen LogP contribution in [-0.2, 0) is 4.74 Å². The summed E-state index contributed by atoms with van der Waals surface area (Å²) in [6, 6.07) is 4.64. The fraction of sp³-hybridized carbons (Fsp3) is 0.706. The molecule has 3 heterocycles. The zero-order valence-electron chi connectivity index (χ0n) is 14.0. The number of thiophene rings is 1. The Morgan fingerprint density at radius 2 is 2.26 bits per heavy atom. The highest BCUT2D eigenvalue weighted by Gasteiger charge is 2.24. The molecule has 6 heteroatoms. The molecular formula is C17H28N4OS. The first-order chi connectivity index (χ1) is 11.2. The summed E-state index contributed by atoms with van der Waals surface area (Å²) in [7, 11) is 0. The van der Waals surface area contributed by atoms with Gasteiger partial charge in [-0.25, -0.2) is 0 Å². The number of hydrogen-bond donors (Lipinski definition) is 1. The largest absolute Gasteiger partial charge is 0.379 e. The van der Waals surface area contributed by atoms with Gasteiger partial charge in [0.2, 0.25) is 0 Å². The molecule has 2 atom stereocenters. The lowest BCUT2D eigenvalue weighted by Crippen LogP contribution is -2.44. The second-order valence-electron chi connectivity index (χ2n) is 6.57. The molecule has 0 saturated carbocycles. The lowest BCUT2D eigenvalue weighted by molar-refractivity contribution is 0.0186. The van der Waals surface area contributed by atoms with Crippen LogP contribution in [0.15, 0.2) is 22.5 Å². The van der Waals surface area contributed by atoms with Crippen molar-refractivity contribution < 1.29 is 4.74 Å². The molecule has 2 fully saturated rings. The molecule has 2 saturated heterocycles. The van der Waals surface area contributed by atoms with Crippen LogP contribution in [0.25, 0.3) is 0 Å². The summed E-state index contributed by atoms with van der Waals surface area (Å²) in [5.41, 5.74) is 6.28. The Balaban J connectivity index is 1.66. The SMILES string of the molecule is CC1CCCN(C(N)=NCC(c2cccs2)N2CCOCC2)C1. The van der Waals surface area contributed by atoms with E-state index in [-0.39, 0.29) is 0 Å². The molecule has 3 rings (SSSR count). The lowest BCUT2D eigenvalue weighted by atomic mass is 10.0. The fourth-order valence-electron chi connectivity index (χ4n) is 3.43. The van der Waals surface area contributed by atoms with E-state index >= 15 is 0 Å². The predicted octanol–water partition coefficient (Wildman–Crippen LogP) is 2.17. The van der Waals surface area contributed by atoms with Crippen molar-refractivity contribution in [2.24, 2.45) is 16.6 Å². The molecular weight excluding hydrogens is 308 g/mol. The van der Waals surface area contributed by atoms with E-state index < -0.39 is 0 Å². The maximum absolute atomic E-state index is 6.28. The quantitative estimate of drug-likeness (QED) is 0.676. The third kappa shape index (κ3) is 4.46. The van der Waals surface area contributed by atoms with E-state index in [9.17, 15) is 0 Å². The Morgan fingerprint density at radius 1 is 1.43 bits per heavy atom. The number of nitrogens with zero attached hydrogens (tertiary/aromatic N) is 3. The van der Waals surface area contributed by atoms with Crippen molar-refractivity contribution in [2.75, 3.05) is 45.9 Å². The first-order valence-corrected chi connectivity index (χ1v) is 9.52. The first-order valence-electron chi connectivity index (χ1n) is 8.64. The van der Waals surface area contributed by atoms with Crippen LogP contribution in [0.2, 0.25) is 0 Å². The molecule has 0 aliphatic carbocycles. The van der Waals surface area contributed by atoms with Crippen molar-refractivity contribution in [3.8, 4) is 0 Å². The summed E-state index contributed by atoms with van der Waals surface area (Å²) < 4.78 is 5.49. The molecule has 0 amide bonds. The molecule has 2 unspecified atom stereocenters.